The number of hydrazone groups is 1. The van der Waals surface area contributed by atoms with Gasteiger partial charge in [-0.3, -0.25) is 4.79 Å². The molecule has 2 aromatic carbocycles. The Balaban J connectivity index is 1.16. The molecule has 0 bridgehead atoms. The molecule has 0 fully saturated rings. The molecule has 0 saturated heterocycles. The lowest BCUT2D eigenvalue weighted by atomic mass is 10.3. The van der Waals surface area contributed by atoms with Gasteiger partial charge < -0.3 is 18.3 Å². The van der Waals surface area contributed by atoms with E-state index in [-0.39, 0.29) is 12.4 Å². The zero-order valence-electron chi connectivity index (χ0n) is 20.4. The minimum absolute atomic E-state index is 0.160. The first-order valence-corrected chi connectivity index (χ1v) is 12.5. The highest BCUT2D eigenvalue weighted by Crippen LogP contribution is 2.21. The van der Waals surface area contributed by atoms with Gasteiger partial charge in [-0.25, -0.2) is 5.43 Å². The largest absolute Gasteiger partial charge is 0.486 e. The van der Waals surface area contributed by atoms with Gasteiger partial charge in [-0.2, -0.15) is 5.10 Å². The van der Waals surface area contributed by atoms with Crippen molar-refractivity contribution in [2.45, 2.75) is 20.5 Å². The normalized spacial score (nSPS) is 11.2. The fraction of sp³-hybridized carbons (Fsp3) is 0.103. The van der Waals surface area contributed by atoms with Crippen molar-refractivity contribution in [3.05, 3.63) is 124 Å². The van der Waals surface area contributed by atoms with Crippen LogP contribution in [0.2, 0.25) is 0 Å². The zero-order valence-corrected chi connectivity index (χ0v) is 22.0. The highest BCUT2D eigenvalue weighted by atomic mass is 79.9. The summed E-state index contributed by atoms with van der Waals surface area (Å²) in [5.41, 5.74) is 7.75. The molecule has 1 N–H and O–H groups in total. The number of hydrogen-bond acceptors (Lipinski definition) is 4. The fourth-order valence-electron chi connectivity index (χ4n) is 4.05. The predicted molar refractivity (Wildman–Crippen MR) is 147 cm³/mol. The highest BCUT2D eigenvalue weighted by molar-refractivity contribution is 9.10. The Hall–Kier alpha value is -4.30. The summed E-state index contributed by atoms with van der Waals surface area (Å²) in [6.07, 6.45) is 3.52. The van der Waals surface area contributed by atoms with E-state index in [2.05, 4.69) is 57.0 Å². The molecule has 0 aliphatic heterocycles. The van der Waals surface area contributed by atoms with E-state index in [0.717, 1.165) is 21.5 Å². The molecule has 0 radical (unpaired) electrons. The Kier molecular flexibility index (Phi) is 7.09. The number of amides is 1. The van der Waals surface area contributed by atoms with Crippen LogP contribution in [0.15, 0.2) is 105 Å². The van der Waals surface area contributed by atoms with Gasteiger partial charge in [0.25, 0.3) is 0 Å². The van der Waals surface area contributed by atoms with E-state index in [4.69, 9.17) is 9.15 Å². The summed E-state index contributed by atoms with van der Waals surface area (Å²) in [7, 11) is 0. The molecule has 37 heavy (non-hydrogen) atoms. The fourth-order valence-corrected chi connectivity index (χ4v) is 4.31. The smallest absolute Gasteiger partial charge is 0.307 e. The highest BCUT2D eigenvalue weighted by Gasteiger charge is 2.11. The molecule has 0 aliphatic carbocycles. The maximum atomic E-state index is 12.5. The summed E-state index contributed by atoms with van der Waals surface area (Å²) >= 11 is 3.44. The number of aryl methyl sites for hydroxylation is 2. The van der Waals surface area contributed by atoms with Gasteiger partial charge >= 0.3 is 5.91 Å². The number of furan rings is 1. The maximum Gasteiger partial charge on any atom is 0.307 e. The number of carbonyl (C=O) groups excluding carboxylic acids is 1. The van der Waals surface area contributed by atoms with Crippen LogP contribution in [0, 0.1) is 13.8 Å². The van der Waals surface area contributed by atoms with Crippen molar-refractivity contribution in [1.29, 1.82) is 0 Å². The van der Waals surface area contributed by atoms with Crippen molar-refractivity contribution in [3.8, 4) is 17.1 Å². The van der Waals surface area contributed by atoms with Crippen LogP contribution in [0.5, 0.6) is 5.75 Å². The van der Waals surface area contributed by atoms with E-state index in [0.29, 0.717) is 11.5 Å². The first-order chi connectivity index (χ1) is 18.0. The molecule has 5 rings (SSSR count). The molecule has 0 spiro atoms. The monoisotopic (exact) mass is 556 g/mol. The molecule has 0 atom stereocenters. The van der Waals surface area contributed by atoms with Crippen molar-refractivity contribution in [2.24, 2.45) is 5.10 Å². The summed E-state index contributed by atoms with van der Waals surface area (Å²) < 4.78 is 16.6. The topological polar surface area (TPSA) is 73.7 Å². The third kappa shape index (κ3) is 5.59. The lowest BCUT2D eigenvalue weighted by Crippen LogP contribution is -2.17. The number of ether oxygens (including phenoxy) is 1. The van der Waals surface area contributed by atoms with E-state index < -0.39 is 5.91 Å². The molecule has 3 aromatic heterocycles. The van der Waals surface area contributed by atoms with Crippen LogP contribution in [0.25, 0.3) is 11.4 Å². The standard InChI is InChI=1S/C29H25BrN4O3/c1-20-5-6-21(2)34(20)24-11-13-26(14-12-24)36-19-27-15-16-28(37-27)29(35)32-31-18-25-4-3-17-33(25)23-9-7-22(30)8-10-23/h3-18H,19H2,1-2H3,(H,32,35)/b31-18+. The molecule has 186 valence electrons. The summed E-state index contributed by atoms with van der Waals surface area (Å²) in [5.74, 6) is 0.977. The van der Waals surface area contributed by atoms with Crippen LogP contribution >= 0.6 is 15.9 Å². The van der Waals surface area contributed by atoms with Crippen LogP contribution in [0.1, 0.15) is 33.4 Å². The summed E-state index contributed by atoms with van der Waals surface area (Å²) in [6.45, 7) is 4.36. The number of carbonyl (C=O) groups is 1. The summed E-state index contributed by atoms with van der Waals surface area (Å²) in [6, 6.07) is 27.1. The molecule has 7 nitrogen and oxygen atoms in total. The van der Waals surface area contributed by atoms with Gasteiger partial charge in [-0.15, -0.1) is 0 Å². The molecule has 5 aromatic rings. The molecular weight excluding hydrogens is 532 g/mol. The number of halogens is 1. The summed E-state index contributed by atoms with van der Waals surface area (Å²) in [4.78, 5) is 12.5. The van der Waals surface area contributed by atoms with Crippen LogP contribution < -0.4 is 10.2 Å². The Bertz CT molecular complexity index is 1520. The second-order valence-corrected chi connectivity index (χ2v) is 9.39. The molecule has 0 saturated carbocycles. The molecule has 3 heterocycles. The van der Waals surface area contributed by atoms with E-state index in [1.165, 1.54) is 11.4 Å². The molecule has 1 amide bonds. The Morgan fingerprint density at radius 3 is 2.38 bits per heavy atom. The van der Waals surface area contributed by atoms with Gasteiger partial charge in [0.15, 0.2) is 5.76 Å². The number of aromatic nitrogens is 2. The van der Waals surface area contributed by atoms with Crippen molar-refractivity contribution >= 4 is 28.1 Å². The van der Waals surface area contributed by atoms with Crippen LogP contribution in [0.4, 0.5) is 0 Å². The van der Waals surface area contributed by atoms with E-state index in [1.54, 1.807) is 18.3 Å². The average molecular weight is 557 g/mol. The lowest BCUT2D eigenvalue weighted by Gasteiger charge is -2.10. The third-order valence-electron chi connectivity index (χ3n) is 5.88. The zero-order chi connectivity index (χ0) is 25.8. The number of nitrogens with zero attached hydrogens (tertiary/aromatic N) is 3. The van der Waals surface area contributed by atoms with Gasteiger partial charge in [0, 0.05) is 33.4 Å². The van der Waals surface area contributed by atoms with Gasteiger partial charge in [-0.05, 0) is 98.8 Å². The molecule has 8 heteroatoms. The number of benzene rings is 2. The van der Waals surface area contributed by atoms with Gasteiger partial charge in [-0.1, -0.05) is 15.9 Å². The molecule has 0 aliphatic rings. The minimum atomic E-state index is -0.439. The van der Waals surface area contributed by atoms with Crippen molar-refractivity contribution in [1.82, 2.24) is 14.6 Å². The Labute approximate surface area is 223 Å². The van der Waals surface area contributed by atoms with Crippen LogP contribution in [-0.2, 0) is 6.61 Å². The van der Waals surface area contributed by atoms with E-state index in [1.807, 2.05) is 71.4 Å². The Morgan fingerprint density at radius 1 is 0.946 bits per heavy atom. The molecule has 0 unspecified atom stereocenters. The minimum Gasteiger partial charge on any atom is -0.486 e. The molecular formula is C29H25BrN4O3. The maximum absolute atomic E-state index is 12.5. The van der Waals surface area contributed by atoms with E-state index in [9.17, 15) is 4.79 Å². The Morgan fingerprint density at radius 2 is 1.65 bits per heavy atom. The first kappa shape index (κ1) is 24.4. The van der Waals surface area contributed by atoms with Crippen molar-refractivity contribution in [3.63, 3.8) is 0 Å². The van der Waals surface area contributed by atoms with Crippen molar-refractivity contribution in [2.75, 3.05) is 0 Å². The quantitative estimate of drug-likeness (QED) is 0.173. The number of nitrogens with one attached hydrogen (secondary N) is 1. The third-order valence-corrected chi connectivity index (χ3v) is 6.41. The summed E-state index contributed by atoms with van der Waals surface area (Å²) in [5, 5.41) is 4.09. The second kappa shape index (κ2) is 10.8. The van der Waals surface area contributed by atoms with Crippen molar-refractivity contribution < 1.29 is 13.9 Å². The van der Waals surface area contributed by atoms with Gasteiger partial charge in [0.2, 0.25) is 0 Å². The van der Waals surface area contributed by atoms with Crippen LogP contribution in [-0.4, -0.2) is 21.3 Å². The number of rotatable bonds is 8. The number of hydrogen-bond donors (Lipinski definition) is 1. The predicted octanol–water partition coefficient (Wildman–Crippen LogP) is 6.58. The SMILES string of the molecule is Cc1ccc(C)n1-c1ccc(OCc2ccc(C(=O)N/N=C/c3cccn3-c3ccc(Br)cc3)o2)cc1. The lowest BCUT2D eigenvalue weighted by molar-refractivity contribution is 0.0923. The van der Waals surface area contributed by atoms with E-state index >= 15 is 0 Å². The van der Waals surface area contributed by atoms with Gasteiger partial charge in [0.05, 0.1) is 11.9 Å². The average Bonchev–Trinajstić information content (AvgIpc) is 3.64. The first-order valence-electron chi connectivity index (χ1n) is 11.7. The van der Waals surface area contributed by atoms with Gasteiger partial charge in [0.1, 0.15) is 18.1 Å². The van der Waals surface area contributed by atoms with Crippen LogP contribution in [0.3, 0.4) is 0 Å². The second-order valence-electron chi connectivity index (χ2n) is 8.48.